The van der Waals surface area contributed by atoms with Crippen LogP contribution in [0.3, 0.4) is 0 Å². The summed E-state index contributed by atoms with van der Waals surface area (Å²) < 4.78 is 12.8. The Bertz CT molecular complexity index is 1500. The fraction of sp³-hybridized carbons (Fsp3) is 0.312. The fourth-order valence-corrected chi connectivity index (χ4v) is 5.57. The molecular weight excluding hydrogens is 580 g/mol. The van der Waals surface area contributed by atoms with E-state index in [9.17, 15) is 14.7 Å². The number of nitrogens with zero attached hydrogens (tertiary/aromatic N) is 2. The highest BCUT2D eigenvalue weighted by Crippen LogP contribution is 2.39. The third kappa shape index (κ3) is 8.89. The Morgan fingerprint density at radius 1 is 0.955 bits per heavy atom. The van der Waals surface area contributed by atoms with Crippen molar-refractivity contribution in [2.24, 2.45) is 0 Å². The van der Waals surface area contributed by atoms with Crippen LogP contribution in [0.4, 0.5) is 11.4 Å². The van der Waals surface area contributed by atoms with Gasteiger partial charge in [-0.25, -0.2) is 4.98 Å². The maximum atomic E-state index is 12.4. The standard InChI is InChI=1S/C32H36N6O5S/c33-26-4-1-2-5-27(26)37-30(41)7-3-6-29(40)34-17-21-8-14-24(15-9-21)31-42-25(19-44-32-35-20-36-38-32)16-28(43-31)23-12-10-22(18-39)11-13-23/h1-2,4-5,8-15,20,25,28,31,39H,3,6-7,16-19,33H2,(H,34,40)(H,37,41)(H,35,36,38)/t25-,28+,31+/m1/s1. The molecule has 2 heterocycles. The van der Waals surface area contributed by atoms with Crippen LogP contribution in [0.25, 0.3) is 0 Å². The first-order valence-electron chi connectivity index (χ1n) is 14.5. The van der Waals surface area contributed by atoms with Gasteiger partial charge in [-0.15, -0.1) is 0 Å². The van der Waals surface area contributed by atoms with Gasteiger partial charge >= 0.3 is 0 Å². The smallest absolute Gasteiger partial charge is 0.224 e. The van der Waals surface area contributed by atoms with Crippen LogP contribution in [0.2, 0.25) is 0 Å². The number of ether oxygens (including phenoxy) is 2. The summed E-state index contributed by atoms with van der Waals surface area (Å²) in [5.41, 5.74) is 10.6. The lowest BCUT2D eigenvalue weighted by atomic mass is 10.0. The van der Waals surface area contributed by atoms with Gasteiger partial charge in [0.15, 0.2) is 11.4 Å². The monoisotopic (exact) mass is 616 g/mol. The summed E-state index contributed by atoms with van der Waals surface area (Å²) in [4.78, 5) is 28.8. The van der Waals surface area contributed by atoms with E-state index in [1.807, 2.05) is 48.5 Å². The highest BCUT2D eigenvalue weighted by atomic mass is 32.2. The number of benzene rings is 3. The number of nitrogens with one attached hydrogen (secondary N) is 3. The third-order valence-electron chi connectivity index (χ3n) is 7.20. The van der Waals surface area contributed by atoms with Crippen molar-refractivity contribution in [2.45, 2.75) is 62.5 Å². The van der Waals surface area contributed by atoms with Crippen LogP contribution in [-0.4, -0.2) is 44.0 Å². The van der Waals surface area contributed by atoms with E-state index in [2.05, 4.69) is 25.8 Å². The maximum absolute atomic E-state index is 12.4. The first-order valence-corrected chi connectivity index (χ1v) is 15.4. The number of para-hydroxylation sites is 2. The molecule has 0 bridgehead atoms. The molecule has 230 valence electrons. The molecule has 1 saturated heterocycles. The molecule has 5 rings (SSSR count). The highest BCUT2D eigenvalue weighted by molar-refractivity contribution is 7.99. The van der Waals surface area contributed by atoms with Crippen LogP contribution < -0.4 is 16.4 Å². The summed E-state index contributed by atoms with van der Waals surface area (Å²) >= 11 is 1.54. The lowest BCUT2D eigenvalue weighted by Gasteiger charge is -2.36. The van der Waals surface area contributed by atoms with Crippen LogP contribution in [0.1, 0.15) is 60.3 Å². The van der Waals surface area contributed by atoms with Crippen molar-refractivity contribution in [3.8, 4) is 0 Å². The second kappa shape index (κ2) is 15.5. The van der Waals surface area contributed by atoms with E-state index in [1.54, 1.807) is 36.0 Å². The molecule has 0 radical (unpaired) electrons. The van der Waals surface area contributed by atoms with Crippen molar-refractivity contribution in [1.82, 2.24) is 20.5 Å². The minimum absolute atomic E-state index is 0.0113. The number of aromatic nitrogens is 3. The summed E-state index contributed by atoms with van der Waals surface area (Å²) in [6, 6.07) is 22.6. The Hall–Kier alpha value is -4.23. The number of hydrogen-bond acceptors (Lipinski definition) is 9. The van der Waals surface area contributed by atoms with E-state index in [0.29, 0.717) is 36.5 Å². The molecule has 11 nitrogen and oxygen atoms in total. The number of nitrogen functional groups attached to an aromatic ring is 1. The van der Waals surface area contributed by atoms with Crippen LogP contribution in [-0.2, 0) is 32.2 Å². The molecule has 12 heteroatoms. The number of rotatable bonds is 13. The maximum Gasteiger partial charge on any atom is 0.224 e. The van der Waals surface area contributed by atoms with Crippen molar-refractivity contribution < 1.29 is 24.2 Å². The molecule has 6 N–H and O–H groups in total. The van der Waals surface area contributed by atoms with Crippen molar-refractivity contribution in [3.05, 3.63) is 101 Å². The summed E-state index contributed by atoms with van der Waals surface area (Å²) in [6.45, 7) is 0.358. The Balaban J connectivity index is 1.12. The lowest BCUT2D eigenvalue weighted by molar-refractivity contribution is -0.245. The van der Waals surface area contributed by atoms with E-state index >= 15 is 0 Å². The number of carbonyl (C=O) groups is 2. The molecular formula is C32H36N6O5S. The number of aliphatic hydroxyl groups excluding tert-OH is 1. The Morgan fingerprint density at radius 3 is 2.41 bits per heavy atom. The average Bonchev–Trinajstić information content (AvgIpc) is 3.58. The molecule has 44 heavy (non-hydrogen) atoms. The molecule has 4 aromatic rings. The van der Waals surface area contributed by atoms with Crippen molar-refractivity contribution in [1.29, 1.82) is 0 Å². The first kappa shape index (κ1) is 31.2. The number of anilines is 2. The van der Waals surface area contributed by atoms with Crippen molar-refractivity contribution in [3.63, 3.8) is 0 Å². The van der Waals surface area contributed by atoms with E-state index in [1.165, 1.54) is 6.33 Å². The number of aromatic amines is 1. The predicted molar refractivity (Wildman–Crippen MR) is 167 cm³/mol. The molecule has 1 fully saturated rings. The second-order valence-corrected chi connectivity index (χ2v) is 11.5. The van der Waals surface area contributed by atoms with Crippen LogP contribution in [0.5, 0.6) is 0 Å². The van der Waals surface area contributed by atoms with Gasteiger partial charge in [-0.2, -0.15) is 5.10 Å². The summed E-state index contributed by atoms with van der Waals surface area (Å²) in [5.74, 6) is 0.371. The zero-order valence-electron chi connectivity index (χ0n) is 24.1. The molecule has 3 atom stereocenters. The van der Waals surface area contributed by atoms with Gasteiger partial charge in [0, 0.05) is 37.1 Å². The van der Waals surface area contributed by atoms with Gasteiger partial charge in [0.05, 0.1) is 30.2 Å². The summed E-state index contributed by atoms with van der Waals surface area (Å²) in [6.07, 6.45) is 2.18. The minimum Gasteiger partial charge on any atom is -0.397 e. The molecule has 3 aromatic carbocycles. The predicted octanol–water partition coefficient (Wildman–Crippen LogP) is 4.64. The molecule has 1 aliphatic rings. The number of thioether (sulfide) groups is 1. The summed E-state index contributed by atoms with van der Waals surface area (Å²) in [5, 5.41) is 22.6. The molecule has 0 unspecified atom stereocenters. The highest BCUT2D eigenvalue weighted by Gasteiger charge is 2.32. The Morgan fingerprint density at radius 2 is 1.68 bits per heavy atom. The number of hydrogen-bond donors (Lipinski definition) is 5. The van der Waals surface area contributed by atoms with E-state index in [-0.39, 0.29) is 43.5 Å². The van der Waals surface area contributed by atoms with Gasteiger partial charge < -0.3 is 30.9 Å². The van der Waals surface area contributed by atoms with E-state index in [0.717, 1.165) is 27.4 Å². The Kier molecular flexibility index (Phi) is 11.0. The molecule has 0 spiro atoms. The number of amides is 2. The second-order valence-electron chi connectivity index (χ2n) is 10.5. The third-order valence-corrected chi connectivity index (χ3v) is 8.21. The van der Waals surface area contributed by atoms with Crippen molar-refractivity contribution >= 4 is 35.0 Å². The number of H-pyrrole nitrogens is 1. The largest absolute Gasteiger partial charge is 0.397 e. The molecule has 1 aliphatic heterocycles. The lowest BCUT2D eigenvalue weighted by Crippen LogP contribution is -2.31. The van der Waals surface area contributed by atoms with Gasteiger partial charge in [-0.1, -0.05) is 72.4 Å². The molecule has 0 saturated carbocycles. The van der Waals surface area contributed by atoms with Gasteiger partial charge in [-0.05, 0) is 35.2 Å². The zero-order chi connectivity index (χ0) is 30.7. The van der Waals surface area contributed by atoms with Crippen LogP contribution >= 0.6 is 11.8 Å². The molecule has 1 aromatic heterocycles. The normalized spacial score (nSPS) is 18.1. The zero-order valence-corrected chi connectivity index (χ0v) is 25.0. The van der Waals surface area contributed by atoms with Gasteiger partial charge in [0.1, 0.15) is 6.33 Å². The SMILES string of the molecule is Nc1ccccc1NC(=O)CCCC(=O)NCc1ccc([C@H]2O[C@@H](CSc3ncn[nH]3)C[C@@H](c3ccc(CO)cc3)O2)cc1. The number of aliphatic hydroxyl groups is 1. The average molecular weight is 617 g/mol. The van der Waals surface area contributed by atoms with Gasteiger partial charge in [0.2, 0.25) is 11.8 Å². The first-order chi connectivity index (χ1) is 21.5. The van der Waals surface area contributed by atoms with E-state index in [4.69, 9.17) is 15.2 Å². The van der Waals surface area contributed by atoms with Gasteiger partial charge in [0.25, 0.3) is 0 Å². The van der Waals surface area contributed by atoms with Crippen LogP contribution in [0.15, 0.2) is 84.3 Å². The molecule has 0 aliphatic carbocycles. The number of carbonyl (C=O) groups excluding carboxylic acids is 2. The number of nitrogens with two attached hydrogens (primary N) is 1. The summed E-state index contributed by atoms with van der Waals surface area (Å²) in [7, 11) is 0. The van der Waals surface area contributed by atoms with Crippen molar-refractivity contribution in [2.75, 3.05) is 16.8 Å². The fourth-order valence-electron chi connectivity index (χ4n) is 4.77. The van der Waals surface area contributed by atoms with E-state index < -0.39 is 6.29 Å². The molecule has 2 amide bonds. The Labute approximate surface area is 260 Å². The topological polar surface area (TPSA) is 164 Å². The quantitative estimate of drug-likeness (QED) is 0.106. The minimum atomic E-state index is -0.576. The van der Waals surface area contributed by atoms with Crippen LogP contribution in [0, 0.1) is 0 Å². The van der Waals surface area contributed by atoms with Gasteiger partial charge in [-0.3, -0.25) is 14.7 Å².